The number of rotatable bonds is 9. The number of nitrogens with zero attached hydrogens (tertiary/aromatic N) is 1. The van der Waals surface area contributed by atoms with Gasteiger partial charge in [-0.25, -0.2) is 12.7 Å². The number of amides is 1. The van der Waals surface area contributed by atoms with Gasteiger partial charge >= 0.3 is 0 Å². The van der Waals surface area contributed by atoms with E-state index >= 15 is 0 Å². The molecule has 0 aliphatic rings. The van der Waals surface area contributed by atoms with Gasteiger partial charge in [0, 0.05) is 24.3 Å². The zero-order chi connectivity index (χ0) is 21.7. The first kappa shape index (κ1) is 23.2. The van der Waals surface area contributed by atoms with E-state index in [4.69, 9.17) is 16.3 Å². The molecule has 0 saturated heterocycles. The first-order chi connectivity index (χ1) is 13.6. The van der Waals surface area contributed by atoms with E-state index in [0.29, 0.717) is 23.0 Å². The molecule has 0 fully saturated rings. The van der Waals surface area contributed by atoms with E-state index in [1.807, 2.05) is 6.92 Å². The summed E-state index contributed by atoms with van der Waals surface area (Å²) in [7, 11) is -1.98. The van der Waals surface area contributed by atoms with Crippen LogP contribution in [0.15, 0.2) is 53.4 Å². The van der Waals surface area contributed by atoms with Gasteiger partial charge in [-0.2, -0.15) is 0 Å². The van der Waals surface area contributed by atoms with Crippen LogP contribution in [0.1, 0.15) is 33.6 Å². The molecule has 2 rings (SSSR count). The van der Waals surface area contributed by atoms with Gasteiger partial charge in [-0.1, -0.05) is 24.9 Å². The average Bonchev–Trinajstić information content (AvgIpc) is 2.68. The Balaban J connectivity index is 2.06. The lowest BCUT2D eigenvalue weighted by molar-refractivity contribution is -0.128. The predicted molar refractivity (Wildman–Crippen MR) is 116 cm³/mol. The maximum atomic E-state index is 12.6. The molecule has 2 aromatic carbocycles. The second-order valence-corrected chi connectivity index (χ2v) is 9.71. The molecule has 0 aliphatic heterocycles. The van der Waals surface area contributed by atoms with E-state index in [9.17, 15) is 13.2 Å². The number of hydrogen-bond donors (Lipinski definition) is 1. The lowest BCUT2D eigenvalue weighted by atomic mass is 10.1. The summed E-state index contributed by atoms with van der Waals surface area (Å²) in [5.74, 6) is 0.161. The minimum Gasteiger partial charge on any atom is -0.478 e. The number of unbranched alkanes of at least 4 members (excludes halogenated alkanes) is 1. The van der Waals surface area contributed by atoms with E-state index in [-0.39, 0.29) is 10.8 Å². The molecule has 0 aromatic heterocycles. The van der Waals surface area contributed by atoms with Crippen LogP contribution >= 0.6 is 11.6 Å². The van der Waals surface area contributed by atoms with E-state index in [1.54, 1.807) is 57.3 Å². The monoisotopic (exact) mass is 438 g/mol. The Labute approximate surface area is 177 Å². The summed E-state index contributed by atoms with van der Waals surface area (Å²) in [6.45, 7) is 5.78. The highest BCUT2D eigenvalue weighted by Crippen LogP contribution is 2.23. The van der Waals surface area contributed by atoms with Crippen molar-refractivity contribution in [3.63, 3.8) is 0 Å². The van der Waals surface area contributed by atoms with Crippen molar-refractivity contribution in [2.45, 2.75) is 44.1 Å². The maximum absolute atomic E-state index is 12.6. The first-order valence-corrected chi connectivity index (χ1v) is 11.2. The molecule has 0 spiro atoms. The summed E-state index contributed by atoms with van der Waals surface area (Å²) in [6, 6.07) is 12.8. The lowest BCUT2D eigenvalue weighted by Gasteiger charge is -2.25. The number of hydrogen-bond acceptors (Lipinski definition) is 4. The minimum atomic E-state index is -3.54. The van der Waals surface area contributed by atoms with Crippen LogP contribution < -0.4 is 10.1 Å². The molecule has 0 heterocycles. The Bertz CT molecular complexity index is 926. The first-order valence-electron chi connectivity index (χ1n) is 9.38. The van der Waals surface area contributed by atoms with Gasteiger partial charge in [0.05, 0.1) is 4.90 Å². The highest BCUT2D eigenvalue weighted by molar-refractivity contribution is 7.89. The van der Waals surface area contributed by atoms with E-state index in [0.717, 1.165) is 12.8 Å². The molecule has 0 bridgehead atoms. The van der Waals surface area contributed by atoms with Crippen molar-refractivity contribution in [3.05, 3.63) is 53.6 Å². The molecule has 1 N–H and O–H groups in total. The smallest absolute Gasteiger partial charge is 0.267 e. The Morgan fingerprint density at radius 3 is 2.24 bits per heavy atom. The SMILES string of the molecule is CCCCN(C)S(=O)(=O)c1ccc(NC(=O)C(C)(C)Oc2ccc(Cl)cc2)cc1. The van der Waals surface area contributed by atoms with Gasteiger partial charge in [-0.05, 0) is 68.8 Å². The number of carbonyl (C=O) groups excluding carboxylic acids is 1. The fraction of sp³-hybridized carbons (Fsp3) is 0.381. The summed E-state index contributed by atoms with van der Waals surface area (Å²) in [5, 5.41) is 3.34. The zero-order valence-corrected chi connectivity index (χ0v) is 18.7. The Morgan fingerprint density at radius 1 is 1.10 bits per heavy atom. The van der Waals surface area contributed by atoms with Crippen molar-refractivity contribution in [2.75, 3.05) is 18.9 Å². The van der Waals surface area contributed by atoms with Crippen molar-refractivity contribution in [1.29, 1.82) is 0 Å². The van der Waals surface area contributed by atoms with Gasteiger partial charge in [-0.3, -0.25) is 4.79 Å². The second-order valence-electron chi connectivity index (χ2n) is 7.22. The third-order valence-electron chi connectivity index (χ3n) is 4.38. The van der Waals surface area contributed by atoms with Crippen LogP contribution in [-0.4, -0.2) is 37.8 Å². The van der Waals surface area contributed by atoms with Crippen molar-refractivity contribution in [1.82, 2.24) is 4.31 Å². The number of anilines is 1. The minimum absolute atomic E-state index is 0.186. The summed E-state index contributed by atoms with van der Waals surface area (Å²) >= 11 is 5.86. The highest BCUT2D eigenvalue weighted by atomic mass is 35.5. The molecule has 2 aromatic rings. The molecule has 1 amide bonds. The summed E-state index contributed by atoms with van der Waals surface area (Å²) in [6.07, 6.45) is 1.71. The van der Waals surface area contributed by atoms with Crippen LogP contribution in [0.5, 0.6) is 5.75 Å². The van der Waals surface area contributed by atoms with Gasteiger partial charge in [0.1, 0.15) is 5.75 Å². The third kappa shape index (κ3) is 6.19. The molecule has 0 radical (unpaired) electrons. The van der Waals surface area contributed by atoms with Crippen LogP contribution in [0.2, 0.25) is 5.02 Å². The largest absolute Gasteiger partial charge is 0.478 e. The molecule has 0 unspecified atom stereocenters. The summed E-state index contributed by atoms with van der Waals surface area (Å²) in [5.41, 5.74) is -0.656. The number of ether oxygens (including phenoxy) is 1. The Hall–Kier alpha value is -2.09. The summed E-state index contributed by atoms with van der Waals surface area (Å²) < 4.78 is 32.2. The van der Waals surface area contributed by atoms with Crippen molar-refractivity contribution in [3.8, 4) is 5.75 Å². The molecule has 0 saturated carbocycles. The third-order valence-corrected chi connectivity index (χ3v) is 6.50. The second kappa shape index (κ2) is 9.61. The highest BCUT2D eigenvalue weighted by Gasteiger charge is 2.30. The van der Waals surface area contributed by atoms with Crippen molar-refractivity contribution < 1.29 is 17.9 Å². The van der Waals surface area contributed by atoms with E-state index in [2.05, 4.69) is 5.32 Å². The molecular formula is C21H27ClN2O4S. The van der Waals surface area contributed by atoms with Crippen LogP contribution in [0.3, 0.4) is 0 Å². The van der Waals surface area contributed by atoms with Gasteiger partial charge in [0.2, 0.25) is 10.0 Å². The van der Waals surface area contributed by atoms with Gasteiger partial charge < -0.3 is 10.1 Å². The average molecular weight is 439 g/mol. The quantitative estimate of drug-likeness (QED) is 0.622. The van der Waals surface area contributed by atoms with Crippen LogP contribution in [0.4, 0.5) is 5.69 Å². The zero-order valence-electron chi connectivity index (χ0n) is 17.1. The molecule has 6 nitrogen and oxygen atoms in total. The normalized spacial score (nSPS) is 12.1. The van der Waals surface area contributed by atoms with Crippen molar-refractivity contribution in [2.24, 2.45) is 0 Å². The van der Waals surface area contributed by atoms with Gasteiger partial charge in [0.15, 0.2) is 5.60 Å². The van der Waals surface area contributed by atoms with Crippen LogP contribution in [-0.2, 0) is 14.8 Å². The fourth-order valence-electron chi connectivity index (χ4n) is 2.52. The molecule has 8 heteroatoms. The number of halogens is 1. The Morgan fingerprint density at radius 2 is 1.69 bits per heavy atom. The van der Waals surface area contributed by atoms with E-state index in [1.165, 1.54) is 16.4 Å². The predicted octanol–water partition coefficient (Wildman–Crippen LogP) is 4.56. The summed E-state index contributed by atoms with van der Waals surface area (Å²) in [4.78, 5) is 12.8. The topological polar surface area (TPSA) is 75.7 Å². The maximum Gasteiger partial charge on any atom is 0.267 e. The van der Waals surface area contributed by atoms with Crippen LogP contribution in [0.25, 0.3) is 0 Å². The lowest BCUT2D eigenvalue weighted by Crippen LogP contribution is -2.42. The van der Waals surface area contributed by atoms with Crippen molar-refractivity contribution >= 4 is 33.2 Å². The van der Waals surface area contributed by atoms with Gasteiger partial charge in [-0.15, -0.1) is 0 Å². The Kier molecular flexibility index (Phi) is 7.68. The van der Waals surface area contributed by atoms with E-state index < -0.39 is 15.6 Å². The molecule has 0 aliphatic carbocycles. The molecule has 158 valence electrons. The molecule has 29 heavy (non-hydrogen) atoms. The number of carbonyl (C=O) groups is 1. The number of benzene rings is 2. The molecule has 0 atom stereocenters. The van der Waals surface area contributed by atoms with Gasteiger partial charge in [0.25, 0.3) is 5.91 Å². The fourth-order valence-corrected chi connectivity index (χ4v) is 3.85. The number of sulfonamides is 1. The van der Waals surface area contributed by atoms with Crippen LogP contribution in [0, 0.1) is 0 Å². The number of nitrogens with one attached hydrogen (secondary N) is 1. The molecular weight excluding hydrogens is 412 g/mol. The standard InChI is InChI=1S/C21H27ClN2O4S/c1-5-6-15-24(4)29(26,27)19-13-9-17(10-14-19)23-20(25)21(2,3)28-18-11-7-16(22)8-12-18/h7-14H,5-6,15H2,1-4H3,(H,23,25).